The molecule has 1 aliphatic rings. The zero-order chi connectivity index (χ0) is 17.6. The maximum Gasteiger partial charge on any atom is 0.289 e. The number of carbonyl (C=O) groups excluding carboxylic acids is 2. The van der Waals surface area contributed by atoms with Crippen LogP contribution in [0.4, 0.5) is 4.79 Å². The van der Waals surface area contributed by atoms with Gasteiger partial charge in [-0.1, -0.05) is 24.3 Å². The Labute approximate surface area is 148 Å². The molecule has 1 N–H and O–H groups in total. The average molecular weight is 352 g/mol. The number of aromatic hydroxyl groups is 1. The van der Waals surface area contributed by atoms with Crippen LogP contribution in [0.2, 0.25) is 0 Å². The Morgan fingerprint density at radius 1 is 1.08 bits per heavy atom. The maximum absolute atomic E-state index is 12.2. The molecule has 0 spiro atoms. The Balaban J connectivity index is 1.74. The Hall–Kier alpha value is -2.73. The number of aromatic nitrogens is 1. The van der Waals surface area contributed by atoms with Gasteiger partial charge >= 0.3 is 0 Å². The number of phenols is 1. The van der Waals surface area contributed by atoms with Gasteiger partial charge in [0, 0.05) is 42.5 Å². The zero-order valence-electron chi connectivity index (χ0n) is 13.5. The predicted octanol–water partition coefficient (Wildman–Crippen LogP) is 3.76. The molecule has 126 valence electrons. The van der Waals surface area contributed by atoms with Crippen molar-refractivity contribution < 1.29 is 14.7 Å². The molecule has 5 nitrogen and oxygen atoms in total. The van der Waals surface area contributed by atoms with Crippen LogP contribution in [-0.2, 0) is 11.3 Å². The van der Waals surface area contributed by atoms with Gasteiger partial charge in [0.2, 0.25) is 5.12 Å². The van der Waals surface area contributed by atoms with E-state index in [9.17, 15) is 14.7 Å². The number of benzene rings is 2. The van der Waals surface area contributed by atoms with Crippen LogP contribution in [0.25, 0.3) is 10.9 Å². The van der Waals surface area contributed by atoms with Crippen LogP contribution in [0, 0.1) is 0 Å². The second-order valence-electron chi connectivity index (χ2n) is 6.09. The highest BCUT2D eigenvalue weighted by molar-refractivity contribution is 8.26. The van der Waals surface area contributed by atoms with Crippen molar-refractivity contribution in [1.29, 1.82) is 0 Å². The van der Waals surface area contributed by atoms with E-state index in [-0.39, 0.29) is 16.1 Å². The summed E-state index contributed by atoms with van der Waals surface area (Å²) in [5, 5.41) is 10.0. The molecule has 25 heavy (non-hydrogen) atoms. The van der Waals surface area contributed by atoms with Crippen molar-refractivity contribution in [1.82, 2.24) is 9.47 Å². The first-order chi connectivity index (χ1) is 12.0. The van der Waals surface area contributed by atoms with E-state index in [2.05, 4.69) is 4.57 Å². The second kappa shape index (κ2) is 5.97. The Morgan fingerprint density at radius 2 is 1.84 bits per heavy atom. The summed E-state index contributed by atoms with van der Waals surface area (Å²) in [7, 11) is 1.66. The molecule has 1 aliphatic heterocycles. The van der Waals surface area contributed by atoms with E-state index >= 15 is 0 Å². The lowest BCUT2D eigenvalue weighted by Crippen LogP contribution is -2.23. The molecule has 1 aromatic heterocycles. The average Bonchev–Trinajstić information content (AvgIpc) is 3.11. The predicted molar refractivity (Wildman–Crippen MR) is 97.6 cm³/mol. The monoisotopic (exact) mass is 352 g/mol. The molecule has 3 aromatic rings. The molecule has 0 aliphatic carbocycles. The molecule has 4 rings (SSSR count). The molecule has 1 saturated heterocycles. The van der Waals surface area contributed by atoms with Crippen LogP contribution < -0.4 is 0 Å². The number of thioether (sulfide) groups is 1. The summed E-state index contributed by atoms with van der Waals surface area (Å²) in [4.78, 5) is 25.6. The number of likely N-dealkylation sites (N-methyl/N-ethyl adjacent to an activating group) is 1. The molecule has 1 fully saturated rings. The molecule has 0 saturated carbocycles. The Morgan fingerprint density at radius 3 is 2.52 bits per heavy atom. The lowest BCUT2D eigenvalue weighted by Gasteiger charge is -2.18. The van der Waals surface area contributed by atoms with E-state index < -0.39 is 6.04 Å². The van der Waals surface area contributed by atoms with Gasteiger partial charge in [0.15, 0.2) is 0 Å². The van der Waals surface area contributed by atoms with Gasteiger partial charge in [-0.25, -0.2) is 0 Å². The third kappa shape index (κ3) is 2.68. The fourth-order valence-electron chi connectivity index (χ4n) is 3.23. The lowest BCUT2D eigenvalue weighted by atomic mass is 10.0. The topological polar surface area (TPSA) is 62.5 Å². The largest absolute Gasteiger partial charge is 0.508 e. The summed E-state index contributed by atoms with van der Waals surface area (Å²) in [5.74, 6) is 0.244. The van der Waals surface area contributed by atoms with Crippen molar-refractivity contribution in [2.24, 2.45) is 0 Å². The summed E-state index contributed by atoms with van der Waals surface area (Å²) in [6, 6.07) is 14.4. The van der Waals surface area contributed by atoms with Gasteiger partial charge in [0.25, 0.3) is 5.24 Å². The SMILES string of the molecule is CN1C(=O)SC(=O)C1c1cccc2c1ccn2Cc1ccc(O)cc1. The number of fused-ring (bicyclic) bond motifs is 1. The van der Waals surface area contributed by atoms with Gasteiger partial charge < -0.3 is 14.6 Å². The van der Waals surface area contributed by atoms with Crippen molar-refractivity contribution in [3.63, 3.8) is 0 Å². The molecule has 1 amide bonds. The summed E-state index contributed by atoms with van der Waals surface area (Å²) >= 11 is 0.768. The molecule has 0 bridgehead atoms. The highest BCUT2D eigenvalue weighted by Crippen LogP contribution is 2.38. The first-order valence-corrected chi connectivity index (χ1v) is 8.70. The smallest absolute Gasteiger partial charge is 0.289 e. The highest BCUT2D eigenvalue weighted by atomic mass is 32.2. The van der Waals surface area contributed by atoms with E-state index in [1.807, 2.05) is 42.6 Å². The fourth-order valence-corrected chi connectivity index (χ4v) is 4.05. The number of hydrogen-bond donors (Lipinski definition) is 1. The molecule has 2 aromatic carbocycles. The van der Waals surface area contributed by atoms with Crippen LogP contribution in [0.1, 0.15) is 17.2 Å². The van der Waals surface area contributed by atoms with Gasteiger partial charge in [0.05, 0.1) is 0 Å². The van der Waals surface area contributed by atoms with Crippen molar-refractivity contribution >= 4 is 33.0 Å². The number of phenolic OH excluding ortho intramolecular Hbond substituents is 1. The van der Waals surface area contributed by atoms with E-state index in [1.165, 1.54) is 4.90 Å². The van der Waals surface area contributed by atoms with Crippen molar-refractivity contribution in [3.8, 4) is 5.75 Å². The van der Waals surface area contributed by atoms with Gasteiger partial charge in [-0.3, -0.25) is 9.59 Å². The van der Waals surface area contributed by atoms with Crippen LogP contribution >= 0.6 is 11.8 Å². The van der Waals surface area contributed by atoms with Crippen molar-refractivity contribution in [2.75, 3.05) is 7.05 Å². The third-order valence-corrected chi connectivity index (χ3v) is 5.40. The van der Waals surface area contributed by atoms with Gasteiger partial charge in [-0.05, 0) is 35.4 Å². The molecule has 2 heterocycles. The zero-order valence-corrected chi connectivity index (χ0v) is 14.4. The minimum absolute atomic E-state index is 0.133. The Kier molecular flexibility index (Phi) is 3.77. The van der Waals surface area contributed by atoms with Crippen LogP contribution in [0.3, 0.4) is 0 Å². The first kappa shape index (κ1) is 15.8. The molecule has 1 atom stereocenters. The number of amides is 1. The quantitative estimate of drug-likeness (QED) is 0.779. The minimum atomic E-state index is -0.536. The highest BCUT2D eigenvalue weighted by Gasteiger charge is 2.39. The lowest BCUT2D eigenvalue weighted by molar-refractivity contribution is -0.113. The van der Waals surface area contributed by atoms with Gasteiger partial charge in [-0.15, -0.1) is 0 Å². The standard InChI is InChI=1S/C19H16N2O3S/c1-20-17(18(23)25-19(20)24)15-3-2-4-16-14(15)9-10-21(16)11-12-5-7-13(22)8-6-12/h2-10,17,22H,11H2,1H3. The number of hydrogen-bond acceptors (Lipinski definition) is 4. The summed E-state index contributed by atoms with van der Waals surface area (Å²) in [6.45, 7) is 0.662. The molecule has 1 unspecified atom stereocenters. The van der Waals surface area contributed by atoms with E-state index in [1.54, 1.807) is 19.2 Å². The number of nitrogens with zero attached hydrogens (tertiary/aromatic N) is 2. The van der Waals surface area contributed by atoms with Crippen LogP contribution in [0.15, 0.2) is 54.7 Å². The second-order valence-corrected chi connectivity index (χ2v) is 7.05. The Bertz CT molecular complexity index is 978. The normalized spacial score (nSPS) is 17.6. The third-order valence-electron chi connectivity index (χ3n) is 4.52. The summed E-state index contributed by atoms with van der Waals surface area (Å²) in [6.07, 6.45) is 1.98. The van der Waals surface area contributed by atoms with Gasteiger partial charge in [-0.2, -0.15) is 0 Å². The van der Waals surface area contributed by atoms with E-state index in [4.69, 9.17) is 0 Å². The molecule has 6 heteroatoms. The fraction of sp³-hybridized carbons (Fsp3) is 0.158. The van der Waals surface area contributed by atoms with Crippen molar-refractivity contribution in [3.05, 3.63) is 65.9 Å². The minimum Gasteiger partial charge on any atom is -0.508 e. The number of carbonyl (C=O) groups is 2. The maximum atomic E-state index is 12.2. The van der Waals surface area contributed by atoms with Gasteiger partial charge in [0.1, 0.15) is 11.8 Å². The number of rotatable bonds is 3. The first-order valence-electron chi connectivity index (χ1n) is 7.89. The van der Waals surface area contributed by atoms with E-state index in [0.717, 1.165) is 33.8 Å². The van der Waals surface area contributed by atoms with Crippen LogP contribution in [-0.4, -0.2) is 32.0 Å². The summed E-state index contributed by atoms with van der Waals surface area (Å²) in [5.41, 5.74) is 2.93. The summed E-state index contributed by atoms with van der Waals surface area (Å²) < 4.78 is 2.10. The van der Waals surface area contributed by atoms with Crippen molar-refractivity contribution in [2.45, 2.75) is 12.6 Å². The van der Waals surface area contributed by atoms with Crippen LogP contribution in [0.5, 0.6) is 5.75 Å². The van der Waals surface area contributed by atoms with E-state index in [0.29, 0.717) is 6.54 Å². The molecule has 0 radical (unpaired) electrons. The molecular formula is C19H16N2O3S. The molecular weight excluding hydrogens is 336 g/mol.